The Kier molecular flexibility index (Phi) is 4.76. The Morgan fingerprint density at radius 1 is 1.20 bits per heavy atom. The maximum atomic E-state index is 4.72. The van der Waals surface area contributed by atoms with Crippen LogP contribution in [0.4, 0.5) is 5.82 Å². The average molecular weight is 334 g/mol. The molecule has 4 heteroatoms. The third-order valence-electron chi connectivity index (χ3n) is 3.08. The van der Waals surface area contributed by atoms with Crippen molar-refractivity contribution in [2.45, 2.75) is 27.2 Å². The van der Waals surface area contributed by atoms with E-state index >= 15 is 0 Å². The maximum Gasteiger partial charge on any atom is 0.162 e. The van der Waals surface area contributed by atoms with Gasteiger partial charge in [0.15, 0.2) is 5.82 Å². The molecule has 0 aliphatic heterocycles. The molecule has 20 heavy (non-hydrogen) atoms. The molecule has 0 aliphatic rings. The summed E-state index contributed by atoms with van der Waals surface area (Å²) in [6.45, 7) is 6.48. The van der Waals surface area contributed by atoms with Gasteiger partial charge in [-0.25, -0.2) is 9.97 Å². The quantitative estimate of drug-likeness (QED) is 0.897. The van der Waals surface area contributed by atoms with Gasteiger partial charge in [0.1, 0.15) is 5.82 Å². The molecule has 106 valence electrons. The van der Waals surface area contributed by atoms with Crippen molar-refractivity contribution in [1.29, 1.82) is 0 Å². The van der Waals surface area contributed by atoms with Gasteiger partial charge in [-0.1, -0.05) is 29.8 Å². The fourth-order valence-electron chi connectivity index (χ4n) is 2.15. The Balaban J connectivity index is 2.49. The lowest BCUT2D eigenvalue weighted by molar-refractivity contribution is 0.635. The van der Waals surface area contributed by atoms with E-state index in [9.17, 15) is 0 Å². The fraction of sp³-hybridized carbons (Fsp3) is 0.375. The molecule has 3 nitrogen and oxygen atoms in total. The zero-order chi connectivity index (χ0) is 14.7. The summed E-state index contributed by atoms with van der Waals surface area (Å²) in [5.74, 6) is 2.24. The Morgan fingerprint density at radius 2 is 1.95 bits per heavy atom. The molecule has 0 saturated carbocycles. The van der Waals surface area contributed by atoms with E-state index in [1.165, 1.54) is 5.56 Å². The minimum absolute atomic E-state index is 0.577. The molecule has 0 atom stereocenters. The highest BCUT2D eigenvalue weighted by atomic mass is 79.9. The molecule has 0 fully saturated rings. The Bertz CT molecular complexity index is 609. The van der Waals surface area contributed by atoms with E-state index in [-0.39, 0.29) is 0 Å². The number of rotatable bonds is 4. The number of hydrogen-bond acceptors (Lipinski definition) is 3. The maximum absolute atomic E-state index is 4.72. The standard InChI is InChI=1S/C16H20BrN3/c1-10(2)7-13-9-15(18-4)20-16(19-13)14-6-5-12(17)8-11(14)3/h5-6,8-10H,7H2,1-4H3,(H,18,19,20). The van der Waals surface area contributed by atoms with E-state index in [1.54, 1.807) is 0 Å². The van der Waals surface area contributed by atoms with Gasteiger partial charge in [0.2, 0.25) is 0 Å². The number of aromatic nitrogens is 2. The first-order chi connectivity index (χ1) is 9.49. The monoisotopic (exact) mass is 333 g/mol. The number of nitrogens with one attached hydrogen (secondary N) is 1. The van der Waals surface area contributed by atoms with E-state index in [1.807, 2.05) is 19.2 Å². The van der Waals surface area contributed by atoms with Crippen molar-refractivity contribution in [2.75, 3.05) is 12.4 Å². The Labute approximate surface area is 129 Å². The first kappa shape index (κ1) is 15.0. The van der Waals surface area contributed by atoms with Crippen LogP contribution in [0.1, 0.15) is 25.1 Å². The minimum atomic E-state index is 0.577. The van der Waals surface area contributed by atoms with Gasteiger partial charge in [-0.05, 0) is 43.0 Å². The number of hydrogen-bond donors (Lipinski definition) is 1. The summed E-state index contributed by atoms with van der Waals surface area (Å²) < 4.78 is 1.07. The number of anilines is 1. The first-order valence-corrected chi connectivity index (χ1v) is 7.61. The molecular formula is C16H20BrN3. The second-order valence-electron chi connectivity index (χ2n) is 5.38. The van der Waals surface area contributed by atoms with Crippen LogP contribution in [0, 0.1) is 12.8 Å². The molecular weight excluding hydrogens is 314 g/mol. The Morgan fingerprint density at radius 3 is 2.55 bits per heavy atom. The van der Waals surface area contributed by atoms with Crippen molar-refractivity contribution in [2.24, 2.45) is 5.92 Å². The van der Waals surface area contributed by atoms with Crippen molar-refractivity contribution in [3.8, 4) is 11.4 Å². The number of aryl methyl sites for hydroxylation is 1. The molecule has 0 aliphatic carbocycles. The molecule has 1 aromatic carbocycles. The highest BCUT2D eigenvalue weighted by Crippen LogP contribution is 2.25. The van der Waals surface area contributed by atoms with E-state index in [0.29, 0.717) is 5.92 Å². The predicted octanol–water partition coefficient (Wildman–Crippen LogP) is 4.45. The van der Waals surface area contributed by atoms with Crippen LogP contribution in [-0.4, -0.2) is 17.0 Å². The summed E-state index contributed by atoms with van der Waals surface area (Å²) in [5, 5.41) is 3.12. The topological polar surface area (TPSA) is 37.8 Å². The number of halogens is 1. The van der Waals surface area contributed by atoms with Gasteiger partial charge in [-0.3, -0.25) is 0 Å². The fourth-order valence-corrected chi connectivity index (χ4v) is 2.62. The van der Waals surface area contributed by atoms with E-state index in [0.717, 1.165) is 33.8 Å². The molecule has 0 spiro atoms. The summed E-state index contributed by atoms with van der Waals surface area (Å²) in [7, 11) is 1.89. The predicted molar refractivity (Wildman–Crippen MR) is 88.0 cm³/mol. The lowest BCUT2D eigenvalue weighted by Crippen LogP contribution is -2.04. The van der Waals surface area contributed by atoms with Gasteiger partial charge in [0.05, 0.1) is 0 Å². The SMILES string of the molecule is CNc1cc(CC(C)C)nc(-c2ccc(Br)cc2C)n1. The average Bonchev–Trinajstić information content (AvgIpc) is 2.37. The zero-order valence-electron chi connectivity index (χ0n) is 12.4. The molecule has 0 saturated heterocycles. The highest BCUT2D eigenvalue weighted by molar-refractivity contribution is 9.10. The molecule has 2 rings (SSSR count). The lowest BCUT2D eigenvalue weighted by Gasteiger charge is -2.11. The first-order valence-electron chi connectivity index (χ1n) is 6.82. The van der Waals surface area contributed by atoms with Crippen LogP contribution in [0.3, 0.4) is 0 Å². The minimum Gasteiger partial charge on any atom is -0.373 e. The molecule has 1 aromatic heterocycles. The van der Waals surface area contributed by atoms with Gasteiger partial charge in [0.25, 0.3) is 0 Å². The van der Waals surface area contributed by atoms with Crippen LogP contribution in [0.25, 0.3) is 11.4 Å². The molecule has 1 N–H and O–H groups in total. The summed E-state index contributed by atoms with van der Waals surface area (Å²) >= 11 is 3.49. The zero-order valence-corrected chi connectivity index (χ0v) is 14.0. The van der Waals surface area contributed by atoms with E-state index in [4.69, 9.17) is 4.98 Å². The summed E-state index contributed by atoms with van der Waals surface area (Å²) in [6, 6.07) is 8.21. The van der Waals surface area contributed by atoms with Crippen LogP contribution >= 0.6 is 15.9 Å². The third-order valence-corrected chi connectivity index (χ3v) is 3.58. The molecule has 0 unspecified atom stereocenters. The molecule has 0 bridgehead atoms. The second kappa shape index (κ2) is 6.35. The van der Waals surface area contributed by atoms with Crippen molar-refractivity contribution in [3.63, 3.8) is 0 Å². The summed E-state index contributed by atoms with van der Waals surface area (Å²) in [4.78, 5) is 9.30. The van der Waals surface area contributed by atoms with Gasteiger partial charge in [0, 0.05) is 28.8 Å². The molecule has 2 aromatic rings. The van der Waals surface area contributed by atoms with Crippen LogP contribution in [0.15, 0.2) is 28.7 Å². The van der Waals surface area contributed by atoms with Crippen molar-refractivity contribution in [1.82, 2.24) is 9.97 Å². The van der Waals surface area contributed by atoms with Crippen LogP contribution < -0.4 is 5.32 Å². The lowest BCUT2D eigenvalue weighted by atomic mass is 10.1. The van der Waals surface area contributed by atoms with Crippen molar-refractivity contribution in [3.05, 3.63) is 40.0 Å². The summed E-state index contributed by atoms with van der Waals surface area (Å²) in [6.07, 6.45) is 0.958. The molecule has 1 heterocycles. The number of nitrogens with zero attached hydrogens (tertiary/aromatic N) is 2. The van der Waals surface area contributed by atoms with Crippen molar-refractivity contribution < 1.29 is 0 Å². The molecule has 0 radical (unpaired) electrons. The van der Waals surface area contributed by atoms with Gasteiger partial charge in [-0.15, -0.1) is 0 Å². The van der Waals surface area contributed by atoms with Crippen LogP contribution in [-0.2, 0) is 6.42 Å². The van der Waals surface area contributed by atoms with Crippen LogP contribution in [0.2, 0.25) is 0 Å². The van der Waals surface area contributed by atoms with Crippen molar-refractivity contribution >= 4 is 21.7 Å². The third kappa shape index (κ3) is 3.57. The largest absolute Gasteiger partial charge is 0.373 e. The van der Waals surface area contributed by atoms with Gasteiger partial charge < -0.3 is 5.32 Å². The summed E-state index contributed by atoms with van der Waals surface area (Å²) in [5.41, 5.74) is 3.33. The smallest absolute Gasteiger partial charge is 0.162 e. The van der Waals surface area contributed by atoms with E-state index in [2.05, 4.69) is 59.1 Å². The van der Waals surface area contributed by atoms with Gasteiger partial charge in [-0.2, -0.15) is 0 Å². The molecule has 0 amide bonds. The Hall–Kier alpha value is -1.42. The van der Waals surface area contributed by atoms with Crippen LogP contribution in [0.5, 0.6) is 0 Å². The van der Waals surface area contributed by atoms with E-state index < -0.39 is 0 Å². The second-order valence-corrected chi connectivity index (χ2v) is 6.29. The van der Waals surface area contributed by atoms with Gasteiger partial charge >= 0.3 is 0 Å². The normalized spacial score (nSPS) is 10.9. The highest BCUT2D eigenvalue weighted by Gasteiger charge is 2.10. The number of benzene rings is 1.